The monoisotopic (exact) mass is 224 g/mol. The SMILES string of the molecule is NC1CN(CC(=O)c2ccccc2Cl)C1. The molecule has 1 heterocycles. The van der Waals surface area contributed by atoms with Gasteiger partial charge in [-0.1, -0.05) is 23.7 Å². The Hall–Kier alpha value is -0.900. The second-order valence-electron chi connectivity index (χ2n) is 3.86. The van der Waals surface area contributed by atoms with E-state index in [9.17, 15) is 4.79 Å². The summed E-state index contributed by atoms with van der Waals surface area (Å²) < 4.78 is 0. The molecule has 2 rings (SSSR count). The summed E-state index contributed by atoms with van der Waals surface area (Å²) in [7, 11) is 0. The molecule has 0 aromatic heterocycles. The molecule has 80 valence electrons. The van der Waals surface area contributed by atoms with E-state index in [0.717, 1.165) is 13.1 Å². The zero-order chi connectivity index (χ0) is 10.8. The van der Waals surface area contributed by atoms with Crippen molar-refractivity contribution in [2.45, 2.75) is 6.04 Å². The number of benzene rings is 1. The van der Waals surface area contributed by atoms with Gasteiger partial charge in [-0.25, -0.2) is 0 Å². The zero-order valence-corrected chi connectivity index (χ0v) is 9.07. The lowest BCUT2D eigenvalue weighted by Gasteiger charge is -2.36. The third-order valence-electron chi connectivity index (χ3n) is 2.53. The second kappa shape index (κ2) is 4.31. The molecule has 0 amide bonds. The third kappa shape index (κ3) is 2.37. The lowest BCUT2D eigenvalue weighted by molar-refractivity contribution is 0.0843. The zero-order valence-electron chi connectivity index (χ0n) is 8.32. The number of carbonyl (C=O) groups excluding carboxylic acids is 1. The maximum Gasteiger partial charge on any atom is 0.178 e. The third-order valence-corrected chi connectivity index (χ3v) is 2.86. The summed E-state index contributed by atoms with van der Waals surface area (Å²) in [5.41, 5.74) is 6.23. The largest absolute Gasteiger partial charge is 0.325 e. The van der Waals surface area contributed by atoms with Crippen molar-refractivity contribution >= 4 is 17.4 Å². The van der Waals surface area contributed by atoms with Crippen LogP contribution in [-0.4, -0.2) is 36.4 Å². The number of hydrogen-bond acceptors (Lipinski definition) is 3. The van der Waals surface area contributed by atoms with E-state index in [-0.39, 0.29) is 11.8 Å². The first kappa shape index (κ1) is 10.6. The number of rotatable bonds is 3. The number of ketones is 1. The average molecular weight is 225 g/mol. The van der Waals surface area contributed by atoms with Gasteiger partial charge in [-0.15, -0.1) is 0 Å². The lowest BCUT2D eigenvalue weighted by atomic mass is 10.1. The highest BCUT2D eigenvalue weighted by molar-refractivity contribution is 6.34. The van der Waals surface area contributed by atoms with Crippen molar-refractivity contribution < 1.29 is 4.79 Å². The summed E-state index contributed by atoms with van der Waals surface area (Å²) in [6.07, 6.45) is 0. The molecule has 1 aromatic carbocycles. The fraction of sp³-hybridized carbons (Fsp3) is 0.364. The van der Waals surface area contributed by atoms with Gasteiger partial charge in [0.2, 0.25) is 0 Å². The Kier molecular flexibility index (Phi) is 3.05. The summed E-state index contributed by atoms with van der Waals surface area (Å²) in [6, 6.07) is 7.35. The predicted molar refractivity (Wildman–Crippen MR) is 60.2 cm³/mol. The number of halogens is 1. The summed E-state index contributed by atoms with van der Waals surface area (Å²) >= 11 is 5.93. The van der Waals surface area contributed by atoms with E-state index in [1.165, 1.54) is 0 Å². The number of nitrogens with two attached hydrogens (primary N) is 1. The normalized spacial score (nSPS) is 17.5. The standard InChI is InChI=1S/C11H13ClN2O/c12-10-4-2-1-3-9(10)11(15)7-14-5-8(13)6-14/h1-4,8H,5-7,13H2. The average Bonchev–Trinajstić information content (AvgIpc) is 2.16. The maximum absolute atomic E-state index is 11.8. The van der Waals surface area contributed by atoms with Crippen LogP contribution >= 0.6 is 11.6 Å². The van der Waals surface area contributed by atoms with Crippen LogP contribution in [0.1, 0.15) is 10.4 Å². The van der Waals surface area contributed by atoms with Gasteiger partial charge in [0.05, 0.1) is 11.6 Å². The Morgan fingerprint density at radius 3 is 2.73 bits per heavy atom. The molecule has 1 aromatic rings. The highest BCUT2D eigenvalue weighted by atomic mass is 35.5. The summed E-state index contributed by atoms with van der Waals surface area (Å²) in [5.74, 6) is 0.0625. The van der Waals surface area contributed by atoms with Crippen LogP contribution in [0.15, 0.2) is 24.3 Å². The molecule has 1 saturated heterocycles. The van der Waals surface area contributed by atoms with Gasteiger partial charge in [0, 0.05) is 24.7 Å². The highest BCUT2D eigenvalue weighted by Crippen LogP contribution is 2.16. The van der Waals surface area contributed by atoms with Crippen molar-refractivity contribution in [2.24, 2.45) is 5.73 Å². The van der Waals surface area contributed by atoms with Gasteiger partial charge in [0.1, 0.15) is 0 Å². The van der Waals surface area contributed by atoms with Crippen LogP contribution in [-0.2, 0) is 0 Å². The van der Waals surface area contributed by atoms with Crippen LogP contribution in [0.3, 0.4) is 0 Å². The predicted octanol–water partition coefficient (Wildman–Crippen LogP) is 1.17. The molecule has 2 N–H and O–H groups in total. The number of Topliss-reactive ketones (excluding diaryl/α,β-unsaturated/α-hetero) is 1. The maximum atomic E-state index is 11.8. The first-order chi connectivity index (χ1) is 7.16. The van der Waals surface area contributed by atoms with Gasteiger partial charge < -0.3 is 5.73 Å². The first-order valence-corrected chi connectivity index (χ1v) is 5.30. The smallest absolute Gasteiger partial charge is 0.178 e. The fourth-order valence-corrected chi connectivity index (χ4v) is 1.96. The van der Waals surface area contributed by atoms with E-state index in [1.54, 1.807) is 12.1 Å². The topological polar surface area (TPSA) is 46.3 Å². The molecule has 0 spiro atoms. The Balaban J connectivity index is 1.99. The minimum Gasteiger partial charge on any atom is -0.325 e. The van der Waals surface area contributed by atoms with Gasteiger partial charge in [-0.05, 0) is 12.1 Å². The molecule has 3 nitrogen and oxygen atoms in total. The highest BCUT2D eigenvalue weighted by Gasteiger charge is 2.25. The molecule has 1 aliphatic heterocycles. The molecule has 0 unspecified atom stereocenters. The van der Waals surface area contributed by atoms with E-state index < -0.39 is 0 Å². The molecule has 0 aliphatic carbocycles. The van der Waals surface area contributed by atoms with Gasteiger partial charge >= 0.3 is 0 Å². The molecular weight excluding hydrogens is 212 g/mol. The molecule has 1 aliphatic rings. The fourth-order valence-electron chi connectivity index (χ4n) is 1.71. The van der Waals surface area contributed by atoms with Crippen molar-refractivity contribution in [3.63, 3.8) is 0 Å². The minimum atomic E-state index is 0.0625. The molecule has 4 heteroatoms. The first-order valence-electron chi connectivity index (χ1n) is 4.92. The summed E-state index contributed by atoms with van der Waals surface area (Å²) in [4.78, 5) is 13.8. The molecule has 0 saturated carbocycles. The molecule has 0 bridgehead atoms. The van der Waals surface area contributed by atoms with Crippen LogP contribution in [0, 0.1) is 0 Å². The van der Waals surface area contributed by atoms with Crippen LogP contribution < -0.4 is 5.73 Å². The molecule has 15 heavy (non-hydrogen) atoms. The van der Waals surface area contributed by atoms with Gasteiger partial charge in [0.15, 0.2) is 5.78 Å². The Morgan fingerprint density at radius 2 is 2.13 bits per heavy atom. The van der Waals surface area contributed by atoms with E-state index in [2.05, 4.69) is 0 Å². The van der Waals surface area contributed by atoms with Gasteiger partial charge in [0.25, 0.3) is 0 Å². The van der Waals surface area contributed by atoms with Crippen molar-refractivity contribution in [3.05, 3.63) is 34.9 Å². The molecule has 0 radical (unpaired) electrons. The molecular formula is C11H13ClN2O. The molecule has 0 atom stereocenters. The van der Waals surface area contributed by atoms with Crippen molar-refractivity contribution in [1.82, 2.24) is 4.90 Å². The lowest BCUT2D eigenvalue weighted by Crippen LogP contribution is -2.56. The summed E-state index contributed by atoms with van der Waals surface area (Å²) in [6.45, 7) is 2.02. The van der Waals surface area contributed by atoms with Crippen LogP contribution in [0.25, 0.3) is 0 Å². The molecule has 1 fully saturated rings. The van der Waals surface area contributed by atoms with Gasteiger partial charge in [-0.2, -0.15) is 0 Å². The Labute approximate surface area is 93.8 Å². The Bertz CT molecular complexity index is 375. The van der Waals surface area contributed by atoms with Gasteiger partial charge in [-0.3, -0.25) is 9.69 Å². The van der Waals surface area contributed by atoms with E-state index >= 15 is 0 Å². The van der Waals surface area contributed by atoms with E-state index in [4.69, 9.17) is 17.3 Å². The minimum absolute atomic E-state index is 0.0625. The van der Waals surface area contributed by atoms with Crippen LogP contribution in [0.5, 0.6) is 0 Å². The number of likely N-dealkylation sites (tertiary alicyclic amines) is 1. The quantitative estimate of drug-likeness (QED) is 0.784. The number of carbonyl (C=O) groups is 1. The second-order valence-corrected chi connectivity index (χ2v) is 4.26. The van der Waals surface area contributed by atoms with Crippen molar-refractivity contribution in [3.8, 4) is 0 Å². The van der Waals surface area contributed by atoms with E-state index in [0.29, 0.717) is 17.1 Å². The Morgan fingerprint density at radius 1 is 1.47 bits per heavy atom. The summed E-state index contributed by atoms with van der Waals surface area (Å²) in [5, 5.41) is 0.521. The van der Waals surface area contributed by atoms with Crippen LogP contribution in [0.4, 0.5) is 0 Å². The number of hydrogen-bond donors (Lipinski definition) is 1. The van der Waals surface area contributed by atoms with Crippen molar-refractivity contribution in [2.75, 3.05) is 19.6 Å². The number of nitrogens with zero attached hydrogens (tertiary/aromatic N) is 1. The van der Waals surface area contributed by atoms with Crippen molar-refractivity contribution in [1.29, 1.82) is 0 Å². The van der Waals surface area contributed by atoms with Crippen LogP contribution in [0.2, 0.25) is 5.02 Å². The van der Waals surface area contributed by atoms with E-state index in [1.807, 2.05) is 17.0 Å².